The number of nitrogens with zero attached hydrogens (tertiary/aromatic N) is 1. The van der Waals surface area contributed by atoms with E-state index in [-0.39, 0.29) is 38.5 Å². The second-order valence-corrected chi connectivity index (χ2v) is 8.37. The number of halogens is 1. The summed E-state index contributed by atoms with van der Waals surface area (Å²) in [6.07, 6.45) is 8.88. The third kappa shape index (κ3) is 7.77. The van der Waals surface area contributed by atoms with Crippen molar-refractivity contribution in [1.82, 2.24) is 0 Å². The Morgan fingerprint density at radius 1 is 0.862 bits per heavy atom. The molecule has 3 rings (SSSR count). The van der Waals surface area contributed by atoms with Crippen LogP contribution in [-0.2, 0) is 39.3 Å². The topological polar surface area (TPSA) is 9.23 Å². The van der Waals surface area contributed by atoms with Gasteiger partial charge in [0, 0.05) is 38.3 Å². The molecule has 0 aliphatic carbocycles. The van der Waals surface area contributed by atoms with Crippen LogP contribution in [0.1, 0.15) is 56.1 Å². The van der Waals surface area contributed by atoms with Crippen molar-refractivity contribution in [3.05, 3.63) is 65.5 Å². The van der Waals surface area contributed by atoms with E-state index in [1.54, 1.807) is 6.07 Å². The zero-order chi connectivity index (χ0) is 19.7. The number of hydrogen-bond donors (Lipinski definition) is 0. The molecular weight excluding hydrogens is 438 g/mol. The number of benzene rings is 2. The summed E-state index contributed by atoms with van der Waals surface area (Å²) < 4.78 is 20.9. The summed E-state index contributed by atoms with van der Waals surface area (Å²) in [5.74, 6) is 0.165. The second kappa shape index (κ2) is 12.8. The molecule has 155 valence electrons. The SMILES string of the molecule is Cc1cccc(F)c1OCCCC[N+]1(Cc2ccccc2)CCCCCCC1.[Y]. The molecule has 29 heavy (non-hydrogen) atoms. The van der Waals surface area contributed by atoms with Crippen LogP contribution >= 0.6 is 0 Å². The summed E-state index contributed by atoms with van der Waals surface area (Å²) in [7, 11) is 0. The van der Waals surface area contributed by atoms with E-state index in [1.807, 2.05) is 13.0 Å². The van der Waals surface area contributed by atoms with Gasteiger partial charge in [0.05, 0.1) is 26.2 Å². The van der Waals surface area contributed by atoms with Gasteiger partial charge in [0.1, 0.15) is 6.54 Å². The minimum Gasteiger partial charge on any atom is -0.490 e. The predicted molar refractivity (Wildman–Crippen MR) is 114 cm³/mol. The number of rotatable bonds is 8. The van der Waals surface area contributed by atoms with Crippen LogP contribution in [0.5, 0.6) is 5.75 Å². The number of para-hydroxylation sites is 1. The summed E-state index contributed by atoms with van der Waals surface area (Å²) in [6.45, 7) is 7.37. The molecule has 1 aliphatic heterocycles. The third-order valence-electron chi connectivity index (χ3n) is 6.06. The molecular formula is C25H35FNOY+. The Morgan fingerprint density at radius 3 is 2.24 bits per heavy atom. The average Bonchev–Trinajstić information content (AvgIpc) is 2.67. The molecule has 2 nitrogen and oxygen atoms in total. The van der Waals surface area contributed by atoms with Crippen LogP contribution in [-0.4, -0.2) is 30.7 Å². The zero-order valence-electron chi connectivity index (χ0n) is 17.9. The van der Waals surface area contributed by atoms with E-state index in [0.717, 1.165) is 24.9 Å². The van der Waals surface area contributed by atoms with E-state index >= 15 is 0 Å². The van der Waals surface area contributed by atoms with Crippen LogP contribution in [0.4, 0.5) is 4.39 Å². The second-order valence-electron chi connectivity index (χ2n) is 8.37. The Hall–Kier alpha value is -0.766. The Labute approximate surface area is 201 Å². The Kier molecular flexibility index (Phi) is 10.8. The molecule has 1 fully saturated rings. The van der Waals surface area contributed by atoms with Gasteiger partial charge in [0.2, 0.25) is 0 Å². The van der Waals surface area contributed by atoms with Crippen LogP contribution in [0.2, 0.25) is 0 Å². The van der Waals surface area contributed by atoms with Crippen molar-refractivity contribution < 1.29 is 46.3 Å². The van der Waals surface area contributed by atoms with E-state index in [2.05, 4.69) is 30.3 Å². The fourth-order valence-electron chi connectivity index (χ4n) is 4.49. The van der Waals surface area contributed by atoms with E-state index < -0.39 is 0 Å². The number of likely N-dealkylation sites (tertiary alicyclic amines) is 1. The minimum absolute atomic E-state index is 0. The number of unbranched alkanes of at least 4 members (excludes halogenated alkanes) is 1. The quantitative estimate of drug-likeness (QED) is 0.324. The molecule has 0 atom stereocenters. The summed E-state index contributed by atoms with van der Waals surface area (Å²) in [4.78, 5) is 0. The molecule has 1 aliphatic rings. The molecule has 2 aromatic carbocycles. The van der Waals surface area contributed by atoms with Gasteiger partial charge in [-0.1, -0.05) is 48.9 Å². The Bertz CT molecular complexity index is 694. The molecule has 0 spiro atoms. The van der Waals surface area contributed by atoms with Crippen molar-refractivity contribution in [1.29, 1.82) is 0 Å². The Morgan fingerprint density at radius 2 is 1.55 bits per heavy atom. The fraction of sp³-hybridized carbons (Fsp3) is 0.520. The van der Waals surface area contributed by atoms with Crippen molar-refractivity contribution in [2.45, 2.75) is 58.4 Å². The number of aryl methyl sites for hydroxylation is 1. The first-order chi connectivity index (χ1) is 13.7. The van der Waals surface area contributed by atoms with Gasteiger partial charge in [0.25, 0.3) is 0 Å². The first-order valence-electron chi connectivity index (χ1n) is 11.0. The average molecular weight is 473 g/mol. The van der Waals surface area contributed by atoms with Gasteiger partial charge in [-0.25, -0.2) is 4.39 Å². The Balaban J connectivity index is 0.00000300. The predicted octanol–water partition coefficient (Wildman–Crippen LogP) is 6.27. The van der Waals surface area contributed by atoms with E-state index in [4.69, 9.17) is 4.74 Å². The van der Waals surface area contributed by atoms with Gasteiger partial charge in [-0.05, 0) is 57.1 Å². The monoisotopic (exact) mass is 473 g/mol. The maximum Gasteiger partial charge on any atom is 0.165 e. The van der Waals surface area contributed by atoms with Crippen LogP contribution in [0, 0.1) is 12.7 Å². The van der Waals surface area contributed by atoms with Crippen molar-refractivity contribution in [2.24, 2.45) is 0 Å². The summed E-state index contributed by atoms with van der Waals surface area (Å²) in [5.41, 5.74) is 2.32. The fourth-order valence-corrected chi connectivity index (χ4v) is 4.49. The summed E-state index contributed by atoms with van der Waals surface area (Å²) in [5, 5.41) is 0. The third-order valence-corrected chi connectivity index (χ3v) is 6.06. The number of ether oxygens (including phenoxy) is 1. The smallest absolute Gasteiger partial charge is 0.165 e. The van der Waals surface area contributed by atoms with Gasteiger partial charge < -0.3 is 9.22 Å². The number of hydrogen-bond acceptors (Lipinski definition) is 1. The first-order valence-corrected chi connectivity index (χ1v) is 11.0. The van der Waals surface area contributed by atoms with E-state index in [9.17, 15) is 4.39 Å². The molecule has 0 amide bonds. The molecule has 0 aromatic heterocycles. The van der Waals surface area contributed by atoms with Crippen LogP contribution in [0.25, 0.3) is 0 Å². The maximum atomic E-state index is 13.9. The molecule has 0 N–H and O–H groups in total. The zero-order valence-corrected chi connectivity index (χ0v) is 20.8. The molecule has 1 radical (unpaired) electrons. The maximum absolute atomic E-state index is 13.9. The van der Waals surface area contributed by atoms with Gasteiger partial charge in [-0.3, -0.25) is 0 Å². The normalized spacial score (nSPS) is 16.3. The first kappa shape index (κ1) is 24.5. The van der Waals surface area contributed by atoms with Gasteiger partial charge in [-0.15, -0.1) is 0 Å². The molecule has 4 heteroatoms. The van der Waals surface area contributed by atoms with E-state index in [0.29, 0.717) is 12.4 Å². The molecule has 1 saturated heterocycles. The molecule has 1 heterocycles. The van der Waals surface area contributed by atoms with Crippen molar-refractivity contribution in [3.63, 3.8) is 0 Å². The van der Waals surface area contributed by atoms with Gasteiger partial charge >= 0.3 is 0 Å². The van der Waals surface area contributed by atoms with E-state index in [1.165, 1.54) is 67.9 Å². The van der Waals surface area contributed by atoms with Crippen molar-refractivity contribution in [3.8, 4) is 5.75 Å². The van der Waals surface area contributed by atoms with Crippen LogP contribution < -0.4 is 4.74 Å². The van der Waals surface area contributed by atoms with Gasteiger partial charge in [-0.2, -0.15) is 0 Å². The molecule has 2 aromatic rings. The summed E-state index contributed by atoms with van der Waals surface area (Å²) in [6, 6.07) is 16.0. The van der Waals surface area contributed by atoms with Crippen LogP contribution in [0.15, 0.2) is 48.5 Å². The minimum atomic E-state index is -0.253. The molecule has 0 saturated carbocycles. The van der Waals surface area contributed by atoms with Crippen LogP contribution in [0.3, 0.4) is 0 Å². The summed E-state index contributed by atoms with van der Waals surface area (Å²) >= 11 is 0. The van der Waals surface area contributed by atoms with Gasteiger partial charge in [0.15, 0.2) is 11.6 Å². The molecule has 0 bridgehead atoms. The largest absolute Gasteiger partial charge is 0.490 e. The van der Waals surface area contributed by atoms with Crippen molar-refractivity contribution in [2.75, 3.05) is 26.2 Å². The molecule has 0 unspecified atom stereocenters. The number of quaternary nitrogens is 1. The van der Waals surface area contributed by atoms with Crippen molar-refractivity contribution >= 4 is 0 Å². The standard InChI is InChI=1S/C25H35FNO.Y/c1-22-13-12-16-24(26)25(22)28-20-11-10-19-27(17-8-3-2-4-9-18-27)21-23-14-6-5-7-15-23;/h5-7,12-16H,2-4,8-11,17-21H2,1H3;/q+1;.